The number of carbonyl (C=O) groups excluding carboxylic acids is 1. The maximum Gasteiger partial charge on any atom is 0.230 e. The summed E-state index contributed by atoms with van der Waals surface area (Å²) >= 11 is 1.45. The molecule has 0 bridgehead atoms. The minimum absolute atomic E-state index is 0.0519. The molecule has 3 nitrogen and oxygen atoms in total. The van der Waals surface area contributed by atoms with Crippen molar-refractivity contribution in [2.75, 3.05) is 5.32 Å². The Morgan fingerprint density at radius 1 is 1.04 bits per heavy atom. The van der Waals surface area contributed by atoms with Crippen molar-refractivity contribution in [2.45, 2.75) is 25.7 Å². The van der Waals surface area contributed by atoms with Crippen molar-refractivity contribution in [2.24, 2.45) is 5.92 Å². The standard InChI is InChI=1S/C21H20N2OS/c1-14-3-7-16(8-4-14)21(17-9-5-15(2)6-10-17)13-18(21)19(24)23-20-22-11-12-25-20/h3-12,18H,13H2,1-2H3,(H,22,23,24). The van der Waals surface area contributed by atoms with Crippen LogP contribution in [0, 0.1) is 19.8 Å². The average molecular weight is 348 g/mol. The molecule has 1 saturated carbocycles. The first-order valence-electron chi connectivity index (χ1n) is 8.44. The number of aromatic nitrogens is 1. The first-order valence-corrected chi connectivity index (χ1v) is 9.32. The van der Waals surface area contributed by atoms with E-state index in [2.05, 4.69) is 72.7 Å². The number of benzene rings is 2. The molecule has 4 heteroatoms. The van der Waals surface area contributed by atoms with Gasteiger partial charge in [0, 0.05) is 17.0 Å². The van der Waals surface area contributed by atoms with Gasteiger partial charge in [-0.15, -0.1) is 11.3 Å². The van der Waals surface area contributed by atoms with E-state index in [1.807, 2.05) is 5.38 Å². The minimum atomic E-state index is -0.233. The highest BCUT2D eigenvalue weighted by Crippen LogP contribution is 2.59. The monoisotopic (exact) mass is 348 g/mol. The Labute approximate surface area is 151 Å². The van der Waals surface area contributed by atoms with Gasteiger partial charge in [0.25, 0.3) is 0 Å². The lowest BCUT2D eigenvalue weighted by molar-refractivity contribution is -0.117. The van der Waals surface area contributed by atoms with Crippen LogP contribution in [-0.4, -0.2) is 10.9 Å². The fraction of sp³-hybridized carbons (Fsp3) is 0.238. The third kappa shape index (κ3) is 2.87. The van der Waals surface area contributed by atoms with Gasteiger partial charge >= 0.3 is 0 Å². The zero-order chi connectivity index (χ0) is 17.4. The molecule has 1 amide bonds. The van der Waals surface area contributed by atoms with Crippen molar-refractivity contribution in [3.8, 4) is 0 Å². The third-order valence-electron chi connectivity index (χ3n) is 5.07. The summed E-state index contributed by atoms with van der Waals surface area (Å²) in [5.41, 5.74) is 4.64. The van der Waals surface area contributed by atoms with E-state index < -0.39 is 0 Å². The number of carbonyl (C=O) groups is 1. The number of rotatable bonds is 4. The Morgan fingerprint density at radius 3 is 2.08 bits per heavy atom. The van der Waals surface area contributed by atoms with E-state index in [1.54, 1.807) is 6.20 Å². The molecule has 1 aromatic heterocycles. The number of nitrogens with one attached hydrogen (secondary N) is 1. The van der Waals surface area contributed by atoms with Crippen molar-refractivity contribution in [1.29, 1.82) is 0 Å². The van der Waals surface area contributed by atoms with E-state index in [-0.39, 0.29) is 17.2 Å². The Bertz CT molecular complexity index is 837. The molecule has 1 fully saturated rings. The predicted octanol–water partition coefficient (Wildman–Crippen LogP) is 4.70. The Kier molecular flexibility index (Phi) is 3.92. The molecule has 0 radical (unpaired) electrons. The van der Waals surface area contributed by atoms with Crippen LogP contribution in [0.3, 0.4) is 0 Å². The van der Waals surface area contributed by atoms with Crippen molar-refractivity contribution in [3.05, 3.63) is 82.4 Å². The van der Waals surface area contributed by atoms with E-state index in [0.29, 0.717) is 5.13 Å². The fourth-order valence-corrected chi connectivity index (χ4v) is 4.10. The lowest BCUT2D eigenvalue weighted by atomic mass is 9.85. The first kappa shape index (κ1) is 16.0. The molecule has 1 aliphatic carbocycles. The summed E-state index contributed by atoms with van der Waals surface area (Å²) in [5, 5.41) is 5.51. The van der Waals surface area contributed by atoms with Crippen LogP contribution in [-0.2, 0) is 10.2 Å². The topological polar surface area (TPSA) is 42.0 Å². The summed E-state index contributed by atoms with van der Waals surface area (Å²) < 4.78 is 0. The molecule has 1 heterocycles. The molecule has 3 aromatic rings. The van der Waals surface area contributed by atoms with E-state index in [0.717, 1.165) is 6.42 Å². The molecular weight excluding hydrogens is 328 g/mol. The van der Waals surface area contributed by atoms with Gasteiger partial charge in [-0.1, -0.05) is 59.7 Å². The Morgan fingerprint density at radius 2 is 1.60 bits per heavy atom. The van der Waals surface area contributed by atoms with Crippen molar-refractivity contribution < 1.29 is 4.79 Å². The van der Waals surface area contributed by atoms with Crippen LogP contribution in [0.4, 0.5) is 5.13 Å². The molecule has 0 aliphatic heterocycles. The van der Waals surface area contributed by atoms with Gasteiger partial charge in [-0.3, -0.25) is 4.79 Å². The Balaban J connectivity index is 1.70. The van der Waals surface area contributed by atoms with Crippen LogP contribution < -0.4 is 5.32 Å². The van der Waals surface area contributed by atoms with Crippen LogP contribution >= 0.6 is 11.3 Å². The van der Waals surface area contributed by atoms with E-state index in [1.165, 1.54) is 33.6 Å². The maximum atomic E-state index is 12.8. The smallest absolute Gasteiger partial charge is 0.230 e. The van der Waals surface area contributed by atoms with Crippen molar-refractivity contribution in [1.82, 2.24) is 4.98 Å². The third-order valence-corrected chi connectivity index (χ3v) is 5.76. The SMILES string of the molecule is Cc1ccc(C2(c3ccc(C)cc3)CC2C(=O)Nc2nccs2)cc1. The average Bonchev–Trinajstić information content (AvgIpc) is 3.17. The van der Waals surface area contributed by atoms with Gasteiger partial charge in [0.05, 0.1) is 5.92 Å². The fourth-order valence-electron chi connectivity index (χ4n) is 3.56. The summed E-state index contributed by atoms with van der Waals surface area (Å²) in [6, 6.07) is 17.1. The van der Waals surface area contributed by atoms with Crippen LogP contribution in [0.15, 0.2) is 60.1 Å². The van der Waals surface area contributed by atoms with E-state index >= 15 is 0 Å². The highest BCUT2D eigenvalue weighted by Gasteiger charge is 2.60. The van der Waals surface area contributed by atoms with Gasteiger partial charge in [0.1, 0.15) is 0 Å². The summed E-state index contributed by atoms with van der Waals surface area (Å²) in [6.07, 6.45) is 2.54. The van der Waals surface area contributed by atoms with Gasteiger partial charge in [-0.25, -0.2) is 4.98 Å². The maximum absolute atomic E-state index is 12.8. The van der Waals surface area contributed by atoms with Crippen LogP contribution in [0.2, 0.25) is 0 Å². The molecule has 126 valence electrons. The van der Waals surface area contributed by atoms with Gasteiger partial charge in [-0.05, 0) is 31.4 Å². The number of nitrogens with zero attached hydrogens (tertiary/aromatic N) is 1. The lowest BCUT2D eigenvalue weighted by Gasteiger charge is -2.19. The molecule has 1 N–H and O–H groups in total. The van der Waals surface area contributed by atoms with Crippen molar-refractivity contribution >= 4 is 22.4 Å². The molecule has 4 rings (SSSR count). The molecule has 2 aromatic carbocycles. The zero-order valence-electron chi connectivity index (χ0n) is 14.3. The molecule has 1 aliphatic rings. The van der Waals surface area contributed by atoms with E-state index in [9.17, 15) is 4.79 Å². The normalized spacial score (nSPS) is 17.9. The molecule has 0 saturated heterocycles. The van der Waals surface area contributed by atoms with Gasteiger partial charge in [0.2, 0.25) is 5.91 Å². The van der Waals surface area contributed by atoms with Gasteiger partial charge in [-0.2, -0.15) is 0 Å². The number of hydrogen-bond donors (Lipinski definition) is 1. The van der Waals surface area contributed by atoms with Gasteiger partial charge in [0.15, 0.2) is 5.13 Å². The summed E-state index contributed by atoms with van der Waals surface area (Å²) in [7, 11) is 0. The number of anilines is 1. The molecule has 1 atom stereocenters. The number of thiazole rings is 1. The second-order valence-electron chi connectivity index (χ2n) is 6.79. The van der Waals surface area contributed by atoms with Crippen molar-refractivity contribution in [3.63, 3.8) is 0 Å². The number of amides is 1. The van der Waals surface area contributed by atoms with Crippen LogP contribution in [0.25, 0.3) is 0 Å². The summed E-state index contributed by atoms with van der Waals surface area (Å²) in [5.74, 6) is -0.0158. The molecule has 1 unspecified atom stereocenters. The van der Waals surface area contributed by atoms with E-state index in [4.69, 9.17) is 0 Å². The highest BCUT2D eigenvalue weighted by atomic mass is 32.1. The largest absolute Gasteiger partial charge is 0.302 e. The molecular formula is C21H20N2OS. The van der Waals surface area contributed by atoms with Gasteiger partial charge < -0.3 is 5.32 Å². The molecule has 0 spiro atoms. The lowest BCUT2D eigenvalue weighted by Crippen LogP contribution is -2.22. The Hall–Kier alpha value is -2.46. The second kappa shape index (κ2) is 6.12. The second-order valence-corrected chi connectivity index (χ2v) is 7.68. The first-order chi connectivity index (χ1) is 12.1. The summed E-state index contributed by atoms with van der Waals surface area (Å²) in [4.78, 5) is 17.0. The predicted molar refractivity (Wildman–Crippen MR) is 102 cm³/mol. The number of hydrogen-bond acceptors (Lipinski definition) is 3. The number of aryl methyl sites for hydroxylation is 2. The molecule has 25 heavy (non-hydrogen) atoms. The van der Waals surface area contributed by atoms with Crippen LogP contribution in [0.5, 0.6) is 0 Å². The minimum Gasteiger partial charge on any atom is -0.302 e. The summed E-state index contributed by atoms with van der Waals surface area (Å²) in [6.45, 7) is 4.17. The van der Waals surface area contributed by atoms with Crippen LogP contribution in [0.1, 0.15) is 28.7 Å². The quantitative estimate of drug-likeness (QED) is 0.742. The zero-order valence-corrected chi connectivity index (χ0v) is 15.1. The highest BCUT2D eigenvalue weighted by molar-refractivity contribution is 7.13.